The highest BCUT2D eigenvalue weighted by molar-refractivity contribution is 14.1. The summed E-state index contributed by atoms with van der Waals surface area (Å²) in [6.45, 7) is -0.0781. The molecule has 0 amide bonds. The molecule has 0 aliphatic rings. The van der Waals surface area contributed by atoms with Crippen molar-refractivity contribution in [2.75, 3.05) is 0 Å². The number of hydrogen-bond donors (Lipinski definition) is 1. The molecule has 4 heteroatoms. The normalized spacial score (nSPS) is 10.4. The molecule has 0 fully saturated rings. The van der Waals surface area contributed by atoms with Crippen LogP contribution in [0.2, 0.25) is 0 Å². The molecule has 2 rings (SSSR count). The second-order valence-corrected chi connectivity index (χ2v) is 5.81. The highest BCUT2D eigenvalue weighted by Gasteiger charge is 2.08. The van der Waals surface area contributed by atoms with E-state index < -0.39 is 0 Å². The molecule has 0 saturated carbocycles. The van der Waals surface area contributed by atoms with Crippen molar-refractivity contribution in [3.63, 3.8) is 0 Å². The van der Waals surface area contributed by atoms with E-state index in [1.807, 2.05) is 18.2 Å². The number of aliphatic hydroxyl groups is 1. The van der Waals surface area contributed by atoms with Crippen molar-refractivity contribution in [3.8, 4) is 6.07 Å². The van der Waals surface area contributed by atoms with Crippen molar-refractivity contribution >= 4 is 44.0 Å². The lowest BCUT2D eigenvalue weighted by Gasteiger charge is -1.99. The Morgan fingerprint density at radius 1 is 1.50 bits per heavy atom. The van der Waals surface area contributed by atoms with Crippen molar-refractivity contribution in [1.29, 1.82) is 5.26 Å². The van der Waals surface area contributed by atoms with Crippen LogP contribution in [0.15, 0.2) is 18.2 Å². The van der Waals surface area contributed by atoms with E-state index in [0.29, 0.717) is 11.1 Å². The maximum absolute atomic E-state index is 9.07. The lowest BCUT2D eigenvalue weighted by atomic mass is 10.1. The van der Waals surface area contributed by atoms with E-state index in [0.717, 1.165) is 13.0 Å². The molecule has 0 radical (unpaired) electrons. The van der Waals surface area contributed by atoms with Gasteiger partial charge in [-0.2, -0.15) is 5.26 Å². The number of nitrogens with zero attached hydrogens (tertiary/aromatic N) is 1. The first-order valence-electron chi connectivity index (χ1n) is 3.98. The second kappa shape index (κ2) is 3.85. The summed E-state index contributed by atoms with van der Waals surface area (Å²) in [6, 6.07) is 7.90. The van der Waals surface area contributed by atoms with Gasteiger partial charge in [0, 0.05) is 10.1 Å². The summed E-state index contributed by atoms with van der Waals surface area (Å²) in [4.78, 5) is 0. The van der Waals surface area contributed by atoms with Crippen LogP contribution in [0.4, 0.5) is 0 Å². The van der Waals surface area contributed by atoms with Crippen molar-refractivity contribution in [2.45, 2.75) is 6.61 Å². The number of hydrogen-bond acceptors (Lipinski definition) is 3. The Morgan fingerprint density at radius 2 is 2.29 bits per heavy atom. The molecule has 70 valence electrons. The van der Waals surface area contributed by atoms with E-state index in [1.165, 1.54) is 0 Å². The van der Waals surface area contributed by atoms with Crippen LogP contribution in [0.25, 0.3) is 10.1 Å². The molecular weight excluding hydrogens is 309 g/mol. The van der Waals surface area contributed by atoms with E-state index in [2.05, 4.69) is 28.7 Å². The summed E-state index contributed by atoms with van der Waals surface area (Å²) in [7, 11) is 0. The molecule has 1 aromatic carbocycles. The van der Waals surface area contributed by atoms with Crippen molar-refractivity contribution in [2.24, 2.45) is 0 Å². The Hall–Kier alpha value is -0.640. The van der Waals surface area contributed by atoms with E-state index in [4.69, 9.17) is 10.4 Å². The van der Waals surface area contributed by atoms with E-state index in [9.17, 15) is 0 Å². The first-order chi connectivity index (χ1) is 6.76. The Kier molecular flexibility index (Phi) is 2.72. The van der Waals surface area contributed by atoms with Crippen LogP contribution in [-0.4, -0.2) is 5.11 Å². The molecule has 1 aromatic heterocycles. The molecular formula is C10H6INOS. The monoisotopic (exact) mass is 315 g/mol. The molecule has 0 atom stereocenters. The standard InChI is InChI=1S/C10H6INOS/c11-10-3-7-8(4-12)6(5-13)1-2-9(7)14-10/h1-3,13H,5H2. The predicted molar refractivity (Wildman–Crippen MR) is 65.2 cm³/mol. The Balaban J connectivity index is 2.84. The third-order valence-electron chi connectivity index (χ3n) is 2.04. The van der Waals surface area contributed by atoms with Gasteiger partial charge in [0.25, 0.3) is 0 Å². The van der Waals surface area contributed by atoms with Gasteiger partial charge in [0.2, 0.25) is 0 Å². The Labute approximate surface area is 98.9 Å². The molecule has 2 aromatic rings. The largest absolute Gasteiger partial charge is 0.392 e. The average molecular weight is 315 g/mol. The molecule has 0 spiro atoms. The third-order valence-corrected chi connectivity index (χ3v) is 3.90. The molecule has 1 N–H and O–H groups in total. The van der Waals surface area contributed by atoms with Gasteiger partial charge in [0.1, 0.15) is 6.07 Å². The molecule has 0 aliphatic heterocycles. The van der Waals surface area contributed by atoms with Crippen molar-refractivity contribution in [3.05, 3.63) is 32.2 Å². The van der Waals surface area contributed by atoms with Gasteiger partial charge >= 0.3 is 0 Å². The summed E-state index contributed by atoms with van der Waals surface area (Å²) in [5.74, 6) is 0. The number of thiophene rings is 1. The summed E-state index contributed by atoms with van der Waals surface area (Å²) >= 11 is 3.89. The van der Waals surface area contributed by atoms with E-state index in [1.54, 1.807) is 11.3 Å². The first-order valence-corrected chi connectivity index (χ1v) is 5.87. The minimum absolute atomic E-state index is 0.0781. The number of halogens is 1. The Morgan fingerprint density at radius 3 is 2.93 bits per heavy atom. The fraction of sp³-hybridized carbons (Fsp3) is 0.100. The maximum atomic E-state index is 9.07. The van der Waals surface area contributed by atoms with Crippen LogP contribution in [0.1, 0.15) is 11.1 Å². The van der Waals surface area contributed by atoms with Crippen LogP contribution in [0.3, 0.4) is 0 Å². The summed E-state index contributed by atoms with van der Waals surface area (Å²) in [6.07, 6.45) is 0. The van der Waals surface area contributed by atoms with Gasteiger partial charge in [-0.15, -0.1) is 11.3 Å². The minimum Gasteiger partial charge on any atom is -0.392 e. The van der Waals surface area contributed by atoms with Gasteiger partial charge in [-0.05, 0) is 40.3 Å². The SMILES string of the molecule is N#Cc1c(CO)ccc2sc(I)cc12. The molecule has 1 heterocycles. The highest BCUT2D eigenvalue weighted by atomic mass is 127. The number of aliphatic hydroxyl groups excluding tert-OH is 1. The Bertz CT molecular complexity index is 527. The summed E-state index contributed by atoms with van der Waals surface area (Å²) in [5.41, 5.74) is 1.30. The lowest BCUT2D eigenvalue weighted by molar-refractivity contribution is 0.281. The number of fused-ring (bicyclic) bond motifs is 1. The van der Waals surface area contributed by atoms with Crippen molar-refractivity contribution < 1.29 is 5.11 Å². The average Bonchev–Trinajstić information content (AvgIpc) is 2.56. The fourth-order valence-corrected chi connectivity index (χ4v) is 3.21. The molecule has 2 nitrogen and oxygen atoms in total. The third kappa shape index (κ3) is 1.52. The second-order valence-electron chi connectivity index (χ2n) is 2.83. The van der Waals surface area contributed by atoms with Gasteiger partial charge in [0.05, 0.1) is 15.1 Å². The van der Waals surface area contributed by atoms with E-state index in [-0.39, 0.29) is 6.61 Å². The minimum atomic E-state index is -0.0781. The number of nitriles is 1. The molecule has 14 heavy (non-hydrogen) atoms. The van der Waals surface area contributed by atoms with Gasteiger partial charge in [-0.25, -0.2) is 0 Å². The summed E-state index contributed by atoms with van der Waals surface area (Å²) < 4.78 is 2.26. The van der Waals surface area contributed by atoms with Crippen LogP contribution >= 0.6 is 33.9 Å². The zero-order valence-electron chi connectivity index (χ0n) is 7.12. The fourth-order valence-electron chi connectivity index (χ4n) is 1.39. The maximum Gasteiger partial charge on any atom is 0.100 e. The molecule has 0 unspecified atom stereocenters. The summed E-state index contributed by atoms with van der Waals surface area (Å²) in [5, 5.41) is 19.0. The van der Waals surface area contributed by atoms with Gasteiger partial charge in [0.15, 0.2) is 0 Å². The zero-order valence-corrected chi connectivity index (χ0v) is 10.1. The molecule has 0 bridgehead atoms. The zero-order chi connectivity index (χ0) is 10.1. The van der Waals surface area contributed by atoms with Gasteiger partial charge in [-0.1, -0.05) is 6.07 Å². The van der Waals surface area contributed by atoms with Crippen LogP contribution < -0.4 is 0 Å². The quantitative estimate of drug-likeness (QED) is 0.823. The topological polar surface area (TPSA) is 44.0 Å². The van der Waals surface area contributed by atoms with Crippen molar-refractivity contribution in [1.82, 2.24) is 0 Å². The van der Waals surface area contributed by atoms with Gasteiger partial charge < -0.3 is 5.11 Å². The van der Waals surface area contributed by atoms with Crippen LogP contribution in [-0.2, 0) is 6.61 Å². The lowest BCUT2D eigenvalue weighted by Crippen LogP contribution is -1.88. The van der Waals surface area contributed by atoms with Gasteiger partial charge in [-0.3, -0.25) is 0 Å². The smallest absolute Gasteiger partial charge is 0.100 e. The number of benzene rings is 1. The highest BCUT2D eigenvalue weighted by Crippen LogP contribution is 2.30. The number of rotatable bonds is 1. The van der Waals surface area contributed by atoms with Crippen LogP contribution in [0.5, 0.6) is 0 Å². The molecule has 0 saturated heterocycles. The van der Waals surface area contributed by atoms with E-state index >= 15 is 0 Å². The van der Waals surface area contributed by atoms with Crippen LogP contribution in [0, 0.1) is 14.2 Å². The molecule has 0 aliphatic carbocycles. The predicted octanol–water partition coefficient (Wildman–Crippen LogP) is 2.87. The first kappa shape index (κ1) is 9.90.